The molecule has 0 aliphatic carbocycles. The summed E-state index contributed by atoms with van der Waals surface area (Å²) in [5, 5.41) is 3.93. The number of furan rings is 1. The van der Waals surface area contributed by atoms with E-state index in [2.05, 4.69) is 15.2 Å². The molecule has 3 rings (SSSR count). The molecule has 1 aliphatic heterocycles. The number of carbonyl (C=O) groups is 1. The molecular weight excluding hydrogens is 507 g/mol. The molecule has 158 valence electrons. The molecule has 1 amide bonds. The predicted molar refractivity (Wildman–Crippen MR) is 125 cm³/mol. The van der Waals surface area contributed by atoms with Gasteiger partial charge in [-0.1, -0.05) is 23.7 Å². The molecule has 1 fully saturated rings. The number of hydrogen-bond donors (Lipinski definition) is 1. The Hall–Kier alpha value is -1.94. The second kappa shape index (κ2) is 11.3. The third kappa shape index (κ3) is 6.27. The molecule has 1 unspecified atom stereocenters. The summed E-state index contributed by atoms with van der Waals surface area (Å²) in [5.74, 6) is 1.76. The minimum Gasteiger partial charge on any atom is -0.487 e. The van der Waals surface area contributed by atoms with Crippen molar-refractivity contribution in [3.63, 3.8) is 0 Å². The number of rotatable bonds is 5. The Labute approximate surface area is 193 Å². The van der Waals surface area contributed by atoms with Crippen molar-refractivity contribution in [2.24, 2.45) is 4.99 Å². The highest BCUT2D eigenvalue weighted by Gasteiger charge is 2.25. The number of amides is 1. The van der Waals surface area contributed by atoms with Gasteiger partial charge in [0.15, 0.2) is 11.7 Å². The van der Waals surface area contributed by atoms with Crippen LogP contribution in [0.3, 0.4) is 0 Å². The summed E-state index contributed by atoms with van der Waals surface area (Å²) in [6, 6.07) is 10.8. The molecule has 0 radical (unpaired) electrons. The molecule has 1 saturated heterocycles. The Balaban J connectivity index is 0.00000300. The van der Waals surface area contributed by atoms with Crippen LogP contribution in [0, 0.1) is 0 Å². The summed E-state index contributed by atoms with van der Waals surface area (Å²) in [6.45, 7) is 5.20. The van der Waals surface area contributed by atoms with Crippen LogP contribution < -0.4 is 10.1 Å². The van der Waals surface area contributed by atoms with Crippen molar-refractivity contribution in [2.75, 3.05) is 39.8 Å². The van der Waals surface area contributed by atoms with Gasteiger partial charge in [0.05, 0.1) is 17.8 Å². The molecule has 0 saturated carbocycles. The normalized spacial score (nSPS) is 15.5. The van der Waals surface area contributed by atoms with Crippen LogP contribution in [0.15, 0.2) is 52.1 Å². The monoisotopic (exact) mass is 532 g/mol. The molecule has 29 heavy (non-hydrogen) atoms. The van der Waals surface area contributed by atoms with Gasteiger partial charge in [0, 0.05) is 33.2 Å². The van der Waals surface area contributed by atoms with Gasteiger partial charge in [0.1, 0.15) is 11.9 Å². The Bertz CT molecular complexity index is 808. The van der Waals surface area contributed by atoms with E-state index in [1.807, 2.05) is 25.1 Å². The number of piperazine rings is 1. The standard InChI is InChI=1S/C20H25ClN4O3.HI/c1-15(28-17-7-4-3-6-16(17)21)14-23-20(22-2)25-11-9-24(10-12-25)19(26)18-8-5-13-27-18;/h3-8,13,15H,9-12,14H2,1-2H3,(H,22,23);1H. The Morgan fingerprint density at radius 1 is 1.21 bits per heavy atom. The number of ether oxygens (including phenoxy) is 1. The number of nitrogens with one attached hydrogen (secondary N) is 1. The van der Waals surface area contributed by atoms with Crippen LogP contribution in [0.1, 0.15) is 17.5 Å². The summed E-state index contributed by atoms with van der Waals surface area (Å²) >= 11 is 6.14. The zero-order valence-corrected chi connectivity index (χ0v) is 19.6. The summed E-state index contributed by atoms with van der Waals surface area (Å²) < 4.78 is 11.1. The lowest BCUT2D eigenvalue weighted by molar-refractivity contribution is 0.0657. The number of halogens is 2. The van der Waals surface area contributed by atoms with Crippen molar-refractivity contribution < 1.29 is 13.9 Å². The molecule has 7 nitrogen and oxygen atoms in total. The Morgan fingerprint density at radius 2 is 1.90 bits per heavy atom. The number of guanidine groups is 1. The smallest absolute Gasteiger partial charge is 0.289 e. The fourth-order valence-corrected chi connectivity index (χ4v) is 3.22. The highest BCUT2D eigenvalue weighted by atomic mass is 127. The zero-order chi connectivity index (χ0) is 19.9. The van der Waals surface area contributed by atoms with Crippen LogP contribution in [0.4, 0.5) is 0 Å². The Morgan fingerprint density at radius 3 is 2.52 bits per heavy atom. The molecule has 1 atom stereocenters. The SMILES string of the molecule is CN=C(NCC(C)Oc1ccccc1Cl)N1CCN(C(=O)c2ccco2)CC1.I. The molecule has 1 aliphatic rings. The number of carbonyl (C=O) groups excluding carboxylic acids is 1. The second-order valence-corrected chi connectivity index (χ2v) is 6.95. The van der Waals surface area contributed by atoms with Crippen LogP contribution in [0.25, 0.3) is 0 Å². The minimum atomic E-state index is -0.0848. The molecular formula is C20H26ClIN4O3. The van der Waals surface area contributed by atoms with Gasteiger partial charge in [-0.2, -0.15) is 0 Å². The largest absolute Gasteiger partial charge is 0.487 e. The lowest BCUT2D eigenvalue weighted by Crippen LogP contribution is -2.54. The van der Waals surface area contributed by atoms with Gasteiger partial charge in [-0.15, -0.1) is 24.0 Å². The van der Waals surface area contributed by atoms with E-state index in [-0.39, 0.29) is 36.0 Å². The first-order valence-corrected chi connectivity index (χ1v) is 9.66. The summed E-state index contributed by atoms with van der Waals surface area (Å²) in [4.78, 5) is 20.6. The first kappa shape index (κ1) is 23.3. The number of benzene rings is 1. The first-order chi connectivity index (χ1) is 13.6. The molecule has 2 aromatic rings. The van der Waals surface area contributed by atoms with E-state index in [9.17, 15) is 4.79 Å². The summed E-state index contributed by atoms with van der Waals surface area (Å²) in [7, 11) is 1.75. The van der Waals surface area contributed by atoms with E-state index in [4.69, 9.17) is 20.8 Å². The van der Waals surface area contributed by atoms with E-state index in [1.165, 1.54) is 6.26 Å². The molecule has 2 heterocycles. The number of para-hydroxylation sites is 1. The van der Waals surface area contributed by atoms with Crippen molar-refractivity contribution in [3.05, 3.63) is 53.4 Å². The van der Waals surface area contributed by atoms with Gasteiger partial charge in [-0.05, 0) is 31.2 Å². The minimum absolute atomic E-state index is 0. The van der Waals surface area contributed by atoms with Crippen molar-refractivity contribution in [1.29, 1.82) is 0 Å². The maximum Gasteiger partial charge on any atom is 0.289 e. The van der Waals surface area contributed by atoms with Gasteiger partial charge in [-0.25, -0.2) is 0 Å². The van der Waals surface area contributed by atoms with Gasteiger partial charge >= 0.3 is 0 Å². The van der Waals surface area contributed by atoms with E-state index in [0.717, 1.165) is 5.96 Å². The lowest BCUT2D eigenvalue weighted by Gasteiger charge is -2.36. The van der Waals surface area contributed by atoms with Crippen molar-refractivity contribution >= 4 is 47.4 Å². The van der Waals surface area contributed by atoms with E-state index in [1.54, 1.807) is 30.1 Å². The van der Waals surface area contributed by atoms with Crippen molar-refractivity contribution in [3.8, 4) is 5.75 Å². The van der Waals surface area contributed by atoms with E-state index < -0.39 is 0 Å². The lowest BCUT2D eigenvalue weighted by atomic mass is 10.3. The highest BCUT2D eigenvalue weighted by molar-refractivity contribution is 14.0. The number of hydrogen-bond acceptors (Lipinski definition) is 4. The third-order valence-corrected chi connectivity index (χ3v) is 4.83. The highest BCUT2D eigenvalue weighted by Crippen LogP contribution is 2.24. The second-order valence-electron chi connectivity index (χ2n) is 6.54. The molecule has 1 N–H and O–H groups in total. The van der Waals surface area contributed by atoms with Crippen LogP contribution >= 0.6 is 35.6 Å². The molecule has 1 aromatic heterocycles. The third-order valence-electron chi connectivity index (χ3n) is 4.52. The zero-order valence-electron chi connectivity index (χ0n) is 16.5. The van der Waals surface area contributed by atoms with Gasteiger partial charge in [-0.3, -0.25) is 9.79 Å². The summed E-state index contributed by atoms with van der Waals surface area (Å²) in [6.07, 6.45) is 1.43. The summed E-state index contributed by atoms with van der Waals surface area (Å²) in [5.41, 5.74) is 0. The van der Waals surface area contributed by atoms with Crippen molar-refractivity contribution in [2.45, 2.75) is 13.0 Å². The average molecular weight is 533 g/mol. The van der Waals surface area contributed by atoms with Crippen LogP contribution in [-0.2, 0) is 0 Å². The van der Waals surface area contributed by atoms with Crippen LogP contribution in [0.2, 0.25) is 5.02 Å². The van der Waals surface area contributed by atoms with Gasteiger partial charge < -0.3 is 24.3 Å². The predicted octanol–water partition coefficient (Wildman–Crippen LogP) is 3.35. The van der Waals surface area contributed by atoms with E-state index in [0.29, 0.717) is 49.3 Å². The Kier molecular flexibility index (Phi) is 9.09. The number of aliphatic imine (C=N–C) groups is 1. The maximum atomic E-state index is 12.4. The maximum absolute atomic E-state index is 12.4. The van der Waals surface area contributed by atoms with Gasteiger partial charge in [0.2, 0.25) is 0 Å². The fourth-order valence-electron chi connectivity index (χ4n) is 3.04. The molecule has 1 aromatic carbocycles. The molecule has 0 bridgehead atoms. The first-order valence-electron chi connectivity index (χ1n) is 9.28. The van der Waals surface area contributed by atoms with Gasteiger partial charge in [0.25, 0.3) is 5.91 Å². The van der Waals surface area contributed by atoms with Crippen molar-refractivity contribution in [1.82, 2.24) is 15.1 Å². The number of nitrogens with zero attached hydrogens (tertiary/aromatic N) is 3. The quantitative estimate of drug-likeness (QED) is 0.363. The van der Waals surface area contributed by atoms with Crippen LogP contribution in [-0.4, -0.2) is 67.5 Å². The molecule has 0 spiro atoms. The molecule has 9 heteroatoms. The average Bonchev–Trinajstić information content (AvgIpc) is 3.25. The fraction of sp³-hybridized carbons (Fsp3) is 0.400. The van der Waals surface area contributed by atoms with Crippen LogP contribution in [0.5, 0.6) is 5.75 Å². The van der Waals surface area contributed by atoms with E-state index >= 15 is 0 Å². The topological polar surface area (TPSA) is 70.3 Å².